The molecule has 2 aromatic rings. The Bertz CT molecular complexity index is 1160. The minimum atomic E-state index is -2.89. The van der Waals surface area contributed by atoms with Crippen LogP contribution in [-0.2, 0) is 23.4 Å². The van der Waals surface area contributed by atoms with Gasteiger partial charge in [-0.1, -0.05) is 94.1 Å². The van der Waals surface area contributed by atoms with Crippen molar-refractivity contribution in [2.45, 2.75) is 82.4 Å². The predicted molar refractivity (Wildman–Crippen MR) is 152 cm³/mol. The third kappa shape index (κ3) is 5.12. The summed E-state index contributed by atoms with van der Waals surface area (Å²) in [6.07, 6.45) is 2.26. The second-order valence-electron chi connectivity index (χ2n) is 11.6. The molecular weight excluding hydrogens is 510 g/mol. The van der Waals surface area contributed by atoms with Crippen LogP contribution >= 0.6 is 0 Å². The number of hydrogen-bond donors (Lipinski definition) is 1. The first kappa shape index (κ1) is 27.8. The number of hydrogen-bond acceptors (Lipinski definition) is 6. The Morgan fingerprint density at radius 1 is 1.05 bits per heavy atom. The van der Waals surface area contributed by atoms with Gasteiger partial charge in [-0.25, -0.2) is 4.79 Å². The van der Waals surface area contributed by atoms with Crippen LogP contribution in [0.4, 0.5) is 4.79 Å². The lowest BCUT2D eigenvalue weighted by molar-refractivity contribution is -0.301. The molecule has 1 amide bonds. The summed E-state index contributed by atoms with van der Waals surface area (Å²) in [5, 5.41) is 5.02. The van der Waals surface area contributed by atoms with E-state index in [0.717, 1.165) is 6.42 Å². The molecule has 2 aromatic carbocycles. The summed E-state index contributed by atoms with van der Waals surface area (Å²) < 4.78 is 31.8. The zero-order valence-corrected chi connectivity index (χ0v) is 24.4. The van der Waals surface area contributed by atoms with E-state index in [0.29, 0.717) is 5.70 Å². The van der Waals surface area contributed by atoms with Crippen LogP contribution in [0.3, 0.4) is 0 Å². The molecule has 5 rings (SSSR count). The van der Waals surface area contributed by atoms with Crippen molar-refractivity contribution < 1.29 is 28.2 Å². The minimum Gasteiger partial charge on any atom is -0.445 e. The van der Waals surface area contributed by atoms with Gasteiger partial charge in [0.15, 0.2) is 0 Å². The summed E-state index contributed by atoms with van der Waals surface area (Å²) in [6.45, 7) is 14.5. The molecule has 2 heterocycles. The molecule has 208 valence electrons. The maximum absolute atomic E-state index is 12.8. The first-order valence-electron chi connectivity index (χ1n) is 13.7. The number of nitrogens with one attached hydrogen (secondary N) is 1. The lowest BCUT2D eigenvalue weighted by atomic mass is 9.93. The number of carbonyl (C=O) groups is 1. The van der Waals surface area contributed by atoms with Gasteiger partial charge in [-0.2, -0.15) is 0 Å². The summed E-state index contributed by atoms with van der Waals surface area (Å²) in [5.41, 5.74) is 0.455. The van der Waals surface area contributed by atoms with E-state index in [1.165, 1.54) is 16.4 Å². The number of alkyl carbamates (subject to hydrolysis) is 1. The molecular formula is C31H39NO6Si. The molecule has 7 nitrogen and oxygen atoms in total. The van der Waals surface area contributed by atoms with Crippen LogP contribution in [0, 0.1) is 0 Å². The van der Waals surface area contributed by atoms with Crippen LogP contribution in [0.15, 0.2) is 85.1 Å². The molecule has 1 spiro atoms. The van der Waals surface area contributed by atoms with Gasteiger partial charge >= 0.3 is 6.09 Å². The first-order chi connectivity index (χ1) is 18.6. The van der Waals surface area contributed by atoms with Crippen molar-refractivity contribution in [3.8, 4) is 0 Å². The van der Waals surface area contributed by atoms with Crippen LogP contribution in [-0.4, -0.2) is 57.3 Å². The van der Waals surface area contributed by atoms with Crippen molar-refractivity contribution in [2.75, 3.05) is 6.61 Å². The van der Waals surface area contributed by atoms with Gasteiger partial charge in [-0.3, -0.25) is 5.32 Å². The Morgan fingerprint density at radius 2 is 1.62 bits per heavy atom. The third-order valence-electron chi connectivity index (χ3n) is 7.65. The van der Waals surface area contributed by atoms with Gasteiger partial charge in [0, 0.05) is 0 Å². The van der Waals surface area contributed by atoms with Gasteiger partial charge in [-0.15, -0.1) is 0 Å². The number of epoxide rings is 1. The fourth-order valence-corrected chi connectivity index (χ4v) is 10.7. The lowest BCUT2D eigenvalue weighted by Gasteiger charge is -2.47. The summed E-state index contributed by atoms with van der Waals surface area (Å²) in [6, 6.07) is 20.9. The molecule has 8 heteroatoms. The number of rotatable bonds is 7. The maximum Gasteiger partial charge on any atom is 0.411 e. The molecule has 2 saturated heterocycles. The van der Waals surface area contributed by atoms with E-state index in [1.807, 2.05) is 32.1 Å². The van der Waals surface area contributed by atoms with Crippen molar-refractivity contribution in [3.63, 3.8) is 0 Å². The van der Waals surface area contributed by atoms with Crippen LogP contribution in [0.2, 0.25) is 5.04 Å². The summed E-state index contributed by atoms with van der Waals surface area (Å²) in [4.78, 5) is 12.8. The smallest absolute Gasteiger partial charge is 0.411 e. The van der Waals surface area contributed by atoms with Crippen LogP contribution < -0.4 is 15.7 Å². The Labute approximate surface area is 232 Å². The number of carbonyl (C=O) groups excluding carboxylic acids is 1. The molecule has 3 aliphatic rings. The maximum atomic E-state index is 12.8. The Balaban J connectivity index is 1.60. The minimum absolute atomic E-state index is 0.0813. The highest BCUT2D eigenvalue weighted by molar-refractivity contribution is 6.99. The zero-order valence-electron chi connectivity index (χ0n) is 23.4. The normalized spacial score (nSPS) is 30.2. The average Bonchev–Trinajstić information content (AvgIpc) is 3.71. The average molecular weight is 550 g/mol. The predicted octanol–water partition coefficient (Wildman–Crippen LogP) is 4.42. The van der Waals surface area contributed by atoms with E-state index in [2.05, 4.69) is 81.2 Å². The molecule has 2 fully saturated rings. The van der Waals surface area contributed by atoms with Gasteiger partial charge in [0.25, 0.3) is 8.32 Å². The summed E-state index contributed by atoms with van der Waals surface area (Å²) in [5.74, 6) is -1.24. The highest BCUT2D eigenvalue weighted by Crippen LogP contribution is 2.51. The quantitative estimate of drug-likeness (QED) is 0.313. The highest BCUT2D eigenvalue weighted by Gasteiger charge is 2.68. The number of amides is 1. The molecule has 1 aliphatic carbocycles. The van der Waals surface area contributed by atoms with Crippen molar-refractivity contribution in [3.05, 3.63) is 85.1 Å². The summed E-state index contributed by atoms with van der Waals surface area (Å²) >= 11 is 0. The van der Waals surface area contributed by atoms with Crippen molar-refractivity contribution in [2.24, 2.45) is 0 Å². The van der Waals surface area contributed by atoms with Gasteiger partial charge in [0.05, 0.1) is 24.0 Å². The number of fused-ring (bicyclic) bond motifs is 2. The number of benzene rings is 2. The van der Waals surface area contributed by atoms with E-state index >= 15 is 0 Å². The van der Waals surface area contributed by atoms with Gasteiger partial charge in [-0.05, 0) is 41.8 Å². The van der Waals surface area contributed by atoms with Crippen molar-refractivity contribution in [1.29, 1.82) is 0 Å². The Hall–Kier alpha value is -2.75. The Kier molecular flexibility index (Phi) is 7.61. The molecule has 1 N–H and O–H groups in total. The first-order valence-corrected chi connectivity index (χ1v) is 15.6. The monoisotopic (exact) mass is 549 g/mol. The number of ether oxygens (including phenoxy) is 4. The van der Waals surface area contributed by atoms with Crippen LogP contribution in [0.1, 0.15) is 41.0 Å². The Morgan fingerprint density at radius 3 is 2.13 bits per heavy atom. The van der Waals surface area contributed by atoms with E-state index < -0.39 is 32.4 Å². The topological polar surface area (TPSA) is 78.6 Å². The molecule has 0 bridgehead atoms. The highest BCUT2D eigenvalue weighted by atomic mass is 28.4. The molecule has 39 heavy (non-hydrogen) atoms. The molecule has 0 aromatic heterocycles. The lowest BCUT2D eigenvalue weighted by Crippen LogP contribution is -2.68. The van der Waals surface area contributed by atoms with Crippen molar-refractivity contribution >= 4 is 24.8 Å². The SMILES string of the molecule is C=CCOC(=O)NC1=C[C@H](O[Si](c2ccccc2)(c2ccccc2)C(C)(C)C)[C@@H]2O[C@@H]2C12O[C@H](C)C[C@@H](C)O2. The molecule has 2 aliphatic heterocycles. The molecule has 0 unspecified atom stereocenters. The standard InChI is InChI=1S/C31H39NO6Si/c1-7-18-34-29(33)32-26-20-25(27-28(35-27)31(26)36-21(2)19-22(3)37-31)38-39(30(4,5)6,23-14-10-8-11-15-23)24-16-12-9-13-17-24/h7-17,20-22,25,27-28H,1,18-19H2,2-6H3,(H,32,33)/t21-,22-,25+,27+,28+/m1/s1. The second kappa shape index (κ2) is 10.7. The third-order valence-corrected chi connectivity index (χ3v) is 12.7. The van der Waals surface area contributed by atoms with E-state index in [9.17, 15) is 4.79 Å². The molecule has 0 saturated carbocycles. The van der Waals surface area contributed by atoms with Gasteiger partial charge in [0.2, 0.25) is 5.79 Å². The van der Waals surface area contributed by atoms with E-state index in [1.54, 1.807) is 0 Å². The van der Waals surface area contributed by atoms with Gasteiger partial charge in [0.1, 0.15) is 18.8 Å². The van der Waals surface area contributed by atoms with E-state index in [4.69, 9.17) is 23.4 Å². The second-order valence-corrected chi connectivity index (χ2v) is 15.9. The molecule has 0 radical (unpaired) electrons. The molecule has 5 atom stereocenters. The largest absolute Gasteiger partial charge is 0.445 e. The van der Waals surface area contributed by atoms with Gasteiger partial charge < -0.3 is 23.4 Å². The van der Waals surface area contributed by atoms with E-state index in [-0.39, 0.29) is 30.0 Å². The zero-order chi connectivity index (χ0) is 27.8. The summed E-state index contributed by atoms with van der Waals surface area (Å²) in [7, 11) is -2.89. The fraction of sp³-hybridized carbons (Fsp3) is 0.452. The van der Waals surface area contributed by atoms with Crippen LogP contribution in [0.25, 0.3) is 0 Å². The fourth-order valence-electron chi connectivity index (χ4n) is 6.06. The van der Waals surface area contributed by atoms with Crippen LogP contribution in [0.5, 0.6) is 0 Å². The van der Waals surface area contributed by atoms with Crippen molar-refractivity contribution in [1.82, 2.24) is 5.32 Å².